The lowest BCUT2D eigenvalue weighted by molar-refractivity contribution is -0.264. The van der Waals surface area contributed by atoms with Crippen molar-refractivity contribution in [1.29, 1.82) is 0 Å². The average Bonchev–Trinajstić information content (AvgIpc) is 2.47. The summed E-state index contributed by atoms with van der Waals surface area (Å²) in [6.45, 7) is 1.81. The second-order valence-electron chi connectivity index (χ2n) is 5.19. The maximum Gasteiger partial charge on any atom is 0.421 e. The number of aliphatic hydroxyl groups is 1. The van der Waals surface area contributed by atoms with Crippen molar-refractivity contribution in [3.8, 4) is 0 Å². The molecule has 116 valence electrons. The second-order valence-corrected chi connectivity index (χ2v) is 5.19. The maximum absolute atomic E-state index is 13.3. The molecule has 0 saturated heterocycles. The van der Waals surface area contributed by atoms with Crippen LogP contribution in [0.15, 0.2) is 54.6 Å². The van der Waals surface area contributed by atoms with Crippen LogP contribution in [0.3, 0.4) is 0 Å². The van der Waals surface area contributed by atoms with Crippen LogP contribution in [0, 0.1) is 6.92 Å². The molecule has 0 aliphatic carbocycles. The molecule has 1 atom stereocenters. The molecule has 22 heavy (non-hydrogen) atoms. The van der Waals surface area contributed by atoms with E-state index >= 15 is 0 Å². The van der Waals surface area contributed by atoms with E-state index in [1.807, 2.05) is 6.92 Å². The predicted molar refractivity (Wildman–Crippen MR) is 76.5 cm³/mol. The van der Waals surface area contributed by atoms with E-state index in [0.29, 0.717) is 0 Å². The summed E-state index contributed by atoms with van der Waals surface area (Å²) in [6.07, 6.45) is -6.00. The molecule has 2 nitrogen and oxygen atoms in total. The quantitative estimate of drug-likeness (QED) is 0.866. The topological polar surface area (TPSA) is 37.3 Å². The first-order chi connectivity index (χ1) is 10.2. The Morgan fingerprint density at radius 1 is 1.00 bits per heavy atom. The minimum atomic E-state index is -4.95. The minimum Gasteiger partial charge on any atom is -0.376 e. The van der Waals surface area contributed by atoms with Crippen molar-refractivity contribution >= 4 is 5.78 Å². The number of alkyl halides is 3. The molecule has 2 aromatic rings. The van der Waals surface area contributed by atoms with Crippen LogP contribution in [0.5, 0.6) is 0 Å². The highest BCUT2D eigenvalue weighted by atomic mass is 19.4. The molecule has 0 spiro atoms. The van der Waals surface area contributed by atoms with Gasteiger partial charge in [0.2, 0.25) is 0 Å². The van der Waals surface area contributed by atoms with Crippen LogP contribution in [0.2, 0.25) is 0 Å². The summed E-state index contributed by atoms with van der Waals surface area (Å²) in [5.74, 6) is -0.760. The Labute approximate surface area is 126 Å². The van der Waals surface area contributed by atoms with Crippen molar-refractivity contribution in [2.24, 2.45) is 0 Å². The number of carbonyl (C=O) groups excluding carboxylic acids is 1. The summed E-state index contributed by atoms with van der Waals surface area (Å²) in [6, 6.07) is 12.8. The molecular formula is C17H15F3O2. The molecule has 0 radical (unpaired) electrons. The molecule has 2 aromatic carbocycles. The van der Waals surface area contributed by atoms with Crippen molar-refractivity contribution in [2.75, 3.05) is 0 Å². The van der Waals surface area contributed by atoms with Gasteiger partial charge in [-0.2, -0.15) is 13.2 Å². The summed E-state index contributed by atoms with van der Waals surface area (Å²) in [4.78, 5) is 12.1. The molecule has 5 heteroatoms. The van der Waals surface area contributed by atoms with Gasteiger partial charge in [-0.05, 0) is 12.5 Å². The second kappa shape index (κ2) is 5.93. The largest absolute Gasteiger partial charge is 0.421 e. The number of carbonyl (C=O) groups is 1. The maximum atomic E-state index is 13.3. The van der Waals surface area contributed by atoms with Crippen LogP contribution in [-0.4, -0.2) is 17.1 Å². The number of Topliss-reactive ketones (excluding diaryl/α,β-unsaturated/α-hetero) is 1. The van der Waals surface area contributed by atoms with Gasteiger partial charge >= 0.3 is 6.18 Å². The third kappa shape index (κ3) is 3.20. The van der Waals surface area contributed by atoms with Crippen LogP contribution >= 0.6 is 0 Å². The van der Waals surface area contributed by atoms with E-state index in [-0.39, 0.29) is 11.1 Å². The first-order valence-corrected chi connectivity index (χ1v) is 6.68. The van der Waals surface area contributed by atoms with Gasteiger partial charge in [-0.25, -0.2) is 0 Å². The SMILES string of the molecule is Cc1ccc(C(=O)C[C@](O)(c2ccccc2)C(F)(F)F)cc1. The number of benzene rings is 2. The summed E-state index contributed by atoms with van der Waals surface area (Å²) in [5, 5.41) is 10.2. The predicted octanol–water partition coefficient (Wildman–Crippen LogP) is 4.02. The van der Waals surface area contributed by atoms with Crippen molar-refractivity contribution < 1.29 is 23.1 Å². The summed E-state index contributed by atoms with van der Waals surface area (Å²) in [7, 11) is 0. The van der Waals surface area contributed by atoms with Crippen LogP contribution < -0.4 is 0 Å². The molecule has 0 amide bonds. The Morgan fingerprint density at radius 2 is 1.55 bits per heavy atom. The molecular weight excluding hydrogens is 293 g/mol. The molecule has 2 rings (SSSR count). The standard InChI is InChI=1S/C17H15F3O2/c1-12-7-9-13(10-8-12)15(21)11-16(22,17(18,19)20)14-5-3-2-4-6-14/h2-10,22H,11H2,1H3/t16-/m0/s1. The van der Waals surface area contributed by atoms with E-state index < -0.39 is 24.0 Å². The highest BCUT2D eigenvalue weighted by Crippen LogP contribution is 2.42. The Hall–Kier alpha value is -2.14. The van der Waals surface area contributed by atoms with Gasteiger partial charge in [0.25, 0.3) is 0 Å². The normalized spacial score (nSPS) is 14.4. The van der Waals surface area contributed by atoms with E-state index in [1.165, 1.54) is 24.3 Å². The molecule has 0 saturated carbocycles. The van der Waals surface area contributed by atoms with Crippen LogP contribution in [0.25, 0.3) is 0 Å². The van der Waals surface area contributed by atoms with Crippen molar-refractivity contribution in [3.05, 3.63) is 71.3 Å². The molecule has 0 unspecified atom stereocenters. The zero-order valence-electron chi connectivity index (χ0n) is 11.9. The summed E-state index contributed by atoms with van der Waals surface area (Å²) >= 11 is 0. The Morgan fingerprint density at radius 3 is 2.05 bits per heavy atom. The monoisotopic (exact) mass is 308 g/mol. The zero-order chi connectivity index (χ0) is 16.4. The smallest absolute Gasteiger partial charge is 0.376 e. The van der Waals surface area contributed by atoms with E-state index in [0.717, 1.165) is 17.7 Å². The lowest BCUT2D eigenvalue weighted by atomic mass is 9.86. The molecule has 1 N–H and O–H groups in total. The van der Waals surface area contributed by atoms with Crippen LogP contribution in [0.1, 0.15) is 27.9 Å². The molecule has 0 fully saturated rings. The molecule has 0 bridgehead atoms. The lowest BCUT2D eigenvalue weighted by Crippen LogP contribution is -2.44. The van der Waals surface area contributed by atoms with E-state index in [4.69, 9.17) is 0 Å². The number of hydrogen-bond donors (Lipinski definition) is 1. The van der Waals surface area contributed by atoms with Crippen molar-refractivity contribution in [1.82, 2.24) is 0 Å². The number of halogens is 3. The van der Waals surface area contributed by atoms with Crippen molar-refractivity contribution in [2.45, 2.75) is 25.1 Å². The minimum absolute atomic E-state index is 0.143. The third-order valence-corrected chi connectivity index (χ3v) is 3.51. The summed E-state index contributed by atoms with van der Waals surface area (Å²) in [5.41, 5.74) is -2.51. The Balaban J connectivity index is 2.36. The van der Waals surface area contributed by atoms with E-state index in [9.17, 15) is 23.1 Å². The van der Waals surface area contributed by atoms with Gasteiger partial charge in [0.05, 0.1) is 6.42 Å². The highest BCUT2D eigenvalue weighted by molar-refractivity contribution is 5.96. The van der Waals surface area contributed by atoms with E-state index in [1.54, 1.807) is 18.2 Å². The van der Waals surface area contributed by atoms with Gasteiger partial charge in [-0.1, -0.05) is 60.2 Å². The molecule has 0 heterocycles. The fourth-order valence-electron chi connectivity index (χ4n) is 2.15. The fraction of sp³-hybridized carbons (Fsp3) is 0.235. The van der Waals surface area contributed by atoms with Gasteiger partial charge in [0.15, 0.2) is 11.4 Å². The Bertz CT molecular complexity index is 648. The van der Waals surface area contributed by atoms with Crippen LogP contribution in [-0.2, 0) is 5.60 Å². The van der Waals surface area contributed by atoms with Gasteiger partial charge in [-0.15, -0.1) is 0 Å². The molecule has 0 aliphatic heterocycles. The summed E-state index contributed by atoms with van der Waals surface area (Å²) < 4.78 is 40.0. The van der Waals surface area contributed by atoms with E-state index in [2.05, 4.69) is 0 Å². The first-order valence-electron chi connectivity index (χ1n) is 6.68. The number of aryl methyl sites for hydroxylation is 1. The number of rotatable bonds is 4. The third-order valence-electron chi connectivity index (χ3n) is 3.51. The Kier molecular flexibility index (Phi) is 4.37. The zero-order valence-corrected chi connectivity index (χ0v) is 11.9. The van der Waals surface area contributed by atoms with Gasteiger partial charge in [0, 0.05) is 5.56 Å². The lowest BCUT2D eigenvalue weighted by Gasteiger charge is -2.30. The molecule has 0 aliphatic rings. The van der Waals surface area contributed by atoms with Crippen LogP contribution in [0.4, 0.5) is 13.2 Å². The van der Waals surface area contributed by atoms with Gasteiger partial charge in [-0.3, -0.25) is 4.79 Å². The highest BCUT2D eigenvalue weighted by Gasteiger charge is 2.55. The molecule has 0 aromatic heterocycles. The first kappa shape index (κ1) is 16.2. The number of hydrogen-bond acceptors (Lipinski definition) is 2. The van der Waals surface area contributed by atoms with Crippen molar-refractivity contribution in [3.63, 3.8) is 0 Å². The van der Waals surface area contributed by atoms with Gasteiger partial charge < -0.3 is 5.11 Å². The number of ketones is 1. The average molecular weight is 308 g/mol. The fourth-order valence-corrected chi connectivity index (χ4v) is 2.15. The van der Waals surface area contributed by atoms with Gasteiger partial charge in [0.1, 0.15) is 0 Å².